The van der Waals surface area contributed by atoms with Gasteiger partial charge < -0.3 is 5.32 Å². The van der Waals surface area contributed by atoms with Crippen molar-refractivity contribution in [3.8, 4) is 0 Å². The molecule has 0 atom stereocenters. The van der Waals surface area contributed by atoms with Crippen LogP contribution in [0.4, 0.5) is 5.69 Å². The Morgan fingerprint density at radius 2 is 2.00 bits per heavy atom. The van der Waals surface area contributed by atoms with Gasteiger partial charge in [-0.05, 0) is 34.1 Å². The molecule has 84 valence electrons. The van der Waals surface area contributed by atoms with Crippen molar-refractivity contribution in [2.24, 2.45) is 0 Å². The maximum absolute atomic E-state index is 6.03. The van der Waals surface area contributed by atoms with E-state index in [9.17, 15) is 0 Å². The van der Waals surface area contributed by atoms with Gasteiger partial charge in [-0.3, -0.25) is 0 Å². The summed E-state index contributed by atoms with van der Waals surface area (Å²) in [5.41, 5.74) is 0.935. The van der Waals surface area contributed by atoms with Crippen molar-refractivity contribution in [1.29, 1.82) is 0 Å². The quantitative estimate of drug-likeness (QED) is 0.788. The van der Waals surface area contributed by atoms with E-state index < -0.39 is 0 Å². The fraction of sp³-hybridized carbons (Fsp3) is 0.0909. The maximum atomic E-state index is 6.03. The molecule has 2 rings (SSSR count). The van der Waals surface area contributed by atoms with Gasteiger partial charge in [0, 0.05) is 15.9 Å². The fourth-order valence-electron chi connectivity index (χ4n) is 1.27. The molecule has 0 aliphatic heterocycles. The standard InChI is InChI=1S/C11H8BrCl2NS/c12-8-5-7(16-11(8)14)6-15-10-4-2-1-3-9(10)13/h1-5,15H,6H2. The predicted octanol–water partition coefficient (Wildman–Crippen LogP) is 5.43. The molecule has 0 radical (unpaired) electrons. The molecule has 0 unspecified atom stereocenters. The number of hydrogen-bond donors (Lipinski definition) is 1. The fourth-order valence-corrected chi connectivity index (χ4v) is 3.20. The average molecular weight is 337 g/mol. The number of nitrogens with one attached hydrogen (secondary N) is 1. The van der Waals surface area contributed by atoms with E-state index in [-0.39, 0.29) is 0 Å². The lowest BCUT2D eigenvalue weighted by molar-refractivity contribution is 1.19. The highest BCUT2D eigenvalue weighted by molar-refractivity contribution is 9.10. The van der Waals surface area contributed by atoms with Gasteiger partial charge in [-0.2, -0.15) is 0 Å². The lowest BCUT2D eigenvalue weighted by Crippen LogP contribution is -1.97. The summed E-state index contributed by atoms with van der Waals surface area (Å²) in [6.45, 7) is 0.722. The second kappa shape index (κ2) is 5.41. The van der Waals surface area contributed by atoms with Crippen LogP contribution in [0, 0.1) is 0 Å². The number of hydrogen-bond acceptors (Lipinski definition) is 2. The molecule has 0 amide bonds. The highest BCUT2D eigenvalue weighted by Crippen LogP contribution is 2.32. The van der Waals surface area contributed by atoms with Crippen LogP contribution in [0.5, 0.6) is 0 Å². The van der Waals surface area contributed by atoms with E-state index in [1.165, 1.54) is 0 Å². The first kappa shape index (κ1) is 12.2. The Kier molecular flexibility index (Phi) is 4.14. The van der Waals surface area contributed by atoms with Crippen LogP contribution >= 0.6 is 50.5 Å². The molecule has 1 N–H and O–H groups in total. The number of thiophene rings is 1. The molecule has 1 heterocycles. The lowest BCUT2D eigenvalue weighted by Gasteiger charge is -2.06. The molecular weight excluding hydrogens is 329 g/mol. The van der Waals surface area contributed by atoms with Crippen molar-refractivity contribution in [2.45, 2.75) is 6.54 Å². The molecule has 0 aliphatic rings. The Bertz CT molecular complexity index is 479. The first-order chi connectivity index (χ1) is 7.66. The summed E-state index contributed by atoms with van der Waals surface area (Å²) in [6.07, 6.45) is 0. The summed E-state index contributed by atoms with van der Waals surface area (Å²) in [5, 5.41) is 3.99. The van der Waals surface area contributed by atoms with Crippen molar-refractivity contribution >= 4 is 56.2 Å². The molecule has 16 heavy (non-hydrogen) atoms. The van der Waals surface area contributed by atoms with E-state index in [1.807, 2.05) is 30.3 Å². The van der Waals surface area contributed by atoms with Crippen LogP contribution in [-0.4, -0.2) is 0 Å². The minimum absolute atomic E-state index is 0.722. The number of benzene rings is 1. The highest BCUT2D eigenvalue weighted by Gasteiger charge is 2.05. The first-order valence-electron chi connectivity index (χ1n) is 4.59. The molecule has 2 aromatic rings. The van der Waals surface area contributed by atoms with Gasteiger partial charge >= 0.3 is 0 Å². The summed E-state index contributed by atoms with van der Waals surface area (Å²) in [6, 6.07) is 9.68. The molecule has 1 nitrogen and oxygen atoms in total. The summed E-state index contributed by atoms with van der Waals surface area (Å²) in [5.74, 6) is 0. The Morgan fingerprint density at radius 1 is 1.25 bits per heavy atom. The molecular formula is C11H8BrCl2NS. The average Bonchev–Trinajstić information content (AvgIpc) is 2.57. The third-order valence-electron chi connectivity index (χ3n) is 2.02. The summed E-state index contributed by atoms with van der Waals surface area (Å²) in [7, 11) is 0. The van der Waals surface area contributed by atoms with Crippen LogP contribution in [-0.2, 0) is 6.54 Å². The van der Waals surface area contributed by atoms with E-state index in [0.29, 0.717) is 0 Å². The third-order valence-corrected chi connectivity index (χ3v) is 4.83. The van der Waals surface area contributed by atoms with Gasteiger partial charge in [0.15, 0.2) is 0 Å². The maximum Gasteiger partial charge on any atom is 0.107 e. The zero-order valence-electron chi connectivity index (χ0n) is 8.14. The monoisotopic (exact) mass is 335 g/mol. The molecule has 0 fully saturated rings. The van der Waals surface area contributed by atoms with Gasteiger partial charge in [-0.15, -0.1) is 11.3 Å². The normalized spacial score (nSPS) is 10.4. The number of halogens is 3. The molecule has 0 aliphatic carbocycles. The first-order valence-corrected chi connectivity index (χ1v) is 6.95. The van der Waals surface area contributed by atoms with Crippen LogP contribution < -0.4 is 5.32 Å². The van der Waals surface area contributed by atoms with Crippen molar-refractivity contribution < 1.29 is 0 Å². The smallest absolute Gasteiger partial charge is 0.107 e. The van der Waals surface area contributed by atoms with Crippen molar-refractivity contribution in [3.05, 3.63) is 49.0 Å². The molecule has 1 aromatic carbocycles. The van der Waals surface area contributed by atoms with Crippen LogP contribution in [0.1, 0.15) is 4.88 Å². The topological polar surface area (TPSA) is 12.0 Å². The van der Waals surface area contributed by atoms with Gasteiger partial charge in [0.2, 0.25) is 0 Å². The van der Waals surface area contributed by atoms with E-state index in [0.717, 1.165) is 30.9 Å². The molecule has 0 saturated carbocycles. The number of rotatable bonds is 3. The Morgan fingerprint density at radius 3 is 2.62 bits per heavy atom. The number of anilines is 1. The van der Waals surface area contributed by atoms with Crippen molar-refractivity contribution in [3.63, 3.8) is 0 Å². The van der Waals surface area contributed by atoms with E-state index in [1.54, 1.807) is 11.3 Å². The van der Waals surface area contributed by atoms with Crippen LogP contribution in [0.2, 0.25) is 9.36 Å². The Labute approximate surface area is 117 Å². The Balaban J connectivity index is 2.05. The lowest BCUT2D eigenvalue weighted by atomic mass is 10.3. The highest BCUT2D eigenvalue weighted by atomic mass is 79.9. The molecule has 5 heteroatoms. The largest absolute Gasteiger partial charge is 0.379 e. The van der Waals surface area contributed by atoms with Crippen LogP contribution in [0.15, 0.2) is 34.8 Å². The van der Waals surface area contributed by atoms with Gasteiger partial charge in [-0.1, -0.05) is 35.3 Å². The minimum Gasteiger partial charge on any atom is -0.379 e. The summed E-state index contributed by atoms with van der Waals surface area (Å²) < 4.78 is 1.71. The minimum atomic E-state index is 0.722. The van der Waals surface area contributed by atoms with Crippen molar-refractivity contribution in [2.75, 3.05) is 5.32 Å². The van der Waals surface area contributed by atoms with Crippen LogP contribution in [0.3, 0.4) is 0 Å². The van der Waals surface area contributed by atoms with E-state index in [4.69, 9.17) is 23.2 Å². The van der Waals surface area contributed by atoms with Gasteiger partial charge in [0.05, 0.1) is 10.7 Å². The molecule has 1 aromatic heterocycles. The van der Waals surface area contributed by atoms with Crippen LogP contribution in [0.25, 0.3) is 0 Å². The molecule has 0 bridgehead atoms. The second-order valence-corrected chi connectivity index (χ2v) is 6.17. The number of para-hydroxylation sites is 1. The second-order valence-electron chi connectivity index (χ2n) is 3.17. The van der Waals surface area contributed by atoms with Gasteiger partial charge in [-0.25, -0.2) is 0 Å². The molecule has 0 spiro atoms. The molecule has 0 saturated heterocycles. The van der Waals surface area contributed by atoms with Gasteiger partial charge in [0.25, 0.3) is 0 Å². The van der Waals surface area contributed by atoms with Crippen molar-refractivity contribution in [1.82, 2.24) is 0 Å². The third kappa shape index (κ3) is 2.92. The predicted molar refractivity (Wildman–Crippen MR) is 75.8 cm³/mol. The summed E-state index contributed by atoms with van der Waals surface area (Å²) >= 11 is 16.9. The zero-order chi connectivity index (χ0) is 11.5. The zero-order valence-corrected chi connectivity index (χ0v) is 12.1. The van der Waals surface area contributed by atoms with E-state index >= 15 is 0 Å². The van der Waals surface area contributed by atoms with Gasteiger partial charge in [0.1, 0.15) is 4.34 Å². The summed E-state index contributed by atoms with van der Waals surface area (Å²) in [4.78, 5) is 1.16. The Hall–Kier alpha value is -0.220. The van der Waals surface area contributed by atoms with E-state index in [2.05, 4.69) is 21.2 Å². The SMILES string of the molecule is Clc1ccccc1NCc1cc(Br)c(Cl)s1.